The third-order valence-corrected chi connectivity index (χ3v) is 3.30. The quantitative estimate of drug-likeness (QED) is 0.297. The number of unbranched alkanes of at least 4 members (excludes halogenated alkanes) is 4. The maximum absolute atomic E-state index is 9.84. The standard InChI is InChI=1S/C17H25ClO2/c1-3-5-7-9-11-13-15(18)17(20)16(19)14-12-10-8-6-4-2/h3,15-17,19-20H,1,4-7,9,11,13H2,2H3/t15-,16+,17-/m0/s1. The Hall–Kier alpha value is -0.930. The van der Waals surface area contributed by atoms with Crippen LogP contribution in [0.4, 0.5) is 0 Å². The van der Waals surface area contributed by atoms with E-state index in [0.717, 1.165) is 38.5 Å². The summed E-state index contributed by atoms with van der Waals surface area (Å²) < 4.78 is 0. The third-order valence-electron chi connectivity index (χ3n) is 2.83. The van der Waals surface area contributed by atoms with Gasteiger partial charge in [-0.15, -0.1) is 18.2 Å². The van der Waals surface area contributed by atoms with Crippen molar-refractivity contribution in [2.45, 2.75) is 69.5 Å². The summed E-state index contributed by atoms with van der Waals surface area (Å²) >= 11 is 6.07. The fourth-order valence-electron chi connectivity index (χ4n) is 1.60. The number of halogens is 1. The number of allylic oxidation sites excluding steroid dienone is 1. The van der Waals surface area contributed by atoms with Gasteiger partial charge in [0.25, 0.3) is 0 Å². The molecule has 0 radical (unpaired) electrons. The van der Waals surface area contributed by atoms with E-state index in [4.69, 9.17) is 11.6 Å². The number of hydrogen-bond acceptors (Lipinski definition) is 2. The molecule has 0 heterocycles. The smallest absolute Gasteiger partial charge is 0.142 e. The number of aliphatic hydroxyl groups excluding tert-OH is 2. The van der Waals surface area contributed by atoms with Gasteiger partial charge in [-0.25, -0.2) is 0 Å². The molecule has 3 heteroatoms. The molecule has 0 unspecified atom stereocenters. The van der Waals surface area contributed by atoms with E-state index >= 15 is 0 Å². The van der Waals surface area contributed by atoms with Crippen LogP contribution < -0.4 is 0 Å². The van der Waals surface area contributed by atoms with E-state index in [1.807, 2.05) is 13.0 Å². The summed E-state index contributed by atoms with van der Waals surface area (Å²) in [7, 11) is 0. The maximum Gasteiger partial charge on any atom is 0.142 e. The van der Waals surface area contributed by atoms with E-state index in [9.17, 15) is 10.2 Å². The highest BCUT2D eigenvalue weighted by atomic mass is 35.5. The molecule has 0 aliphatic carbocycles. The summed E-state index contributed by atoms with van der Waals surface area (Å²) in [5.74, 6) is 10.6. The number of rotatable bonds is 9. The first-order valence-electron chi connectivity index (χ1n) is 7.23. The number of aliphatic hydroxyl groups is 2. The van der Waals surface area contributed by atoms with Crippen molar-refractivity contribution < 1.29 is 10.2 Å². The predicted octanol–water partition coefficient (Wildman–Crippen LogP) is 3.26. The summed E-state index contributed by atoms with van der Waals surface area (Å²) in [5.41, 5.74) is 0. The molecule has 2 nitrogen and oxygen atoms in total. The molecule has 2 N–H and O–H groups in total. The molecule has 0 rings (SSSR count). The topological polar surface area (TPSA) is 40.5 Å². The summed E-state index contributed by atoms with van der Waals surface area (Å²) in [6, 6.07) is 0. The molecule has 0 aromatic heterocycles. The van der Waals surface area contributed by atoms with Crippen molar-refractivity contribution in [1.29, 1.82) is 0 Å². The van der Waals surface area contributed by atoms with Crippen molar-refractivity contribution in [1.82, 2.24) is 0 Å². The second kappa shape index (κ2) is 13.1. The lowest BCUT2D eigenvalue weighted by Gasteiger charge is -2.18. The zero-order valence-electron chi connectivity index (χ0n) is 12.2. The van der Waals surface area contributed by atoms with Crippen LogP contribution in [0.15, 0.2) is 12.7 Å². The Balaban J connectivity index is 4.00. The molecule has 0 fully saturated rings. The Labute approximate surface area is 128 Å². The zero-order chi connectivity index (χ0) is 15.2. The van der Waals surface area contributed by atoms with Gasteiger partial charge in [0.2, 0.25) is 0 Å². The molecular formula is C17H25ClO2. The van der Waals surface area contributed by atoms with Crippen LogP contribution in [-0.2, 0) is 0 Å². The summed E-state index contributed by atoms with van der Waals surface area (Å²) in [4.78, 5) is 0. The SMILES string of the molecule is C=CCCCCC[C@H](Cl)[C@H](O)[C@H](O)C#CC#CCCC. The van der Waals surface area contributed by atoms with Gasteiger partial charge >= 0.3 is 0 Å². The van der Waals surface area contributed by atoms with Crippen LogP contribution in [0.1, 0.15) is 51.9 Å². The van der Waals surface area contributed by atoms with Gasteiger partial charge in [0.1, 0.15) is 12.2 Å². The van der Waals surface area contributed by atoms with Gasteiger partial charge in [-0.3, -0.25) is 0 Å². The first-order valence-corrected chi connectivity index (χ1v) is 7.66. The Kier molecular flexibility index (Phi) is 12.5. The monoisotopic (exact) mass is 296 g/mol. The molecule has 0 spiro atoms. The average molecular weight is 297 g/mol. The Bertz CT molecular complexity index is 370. The van der Waals surface area contributed by atoms with Crippen LogP contribution in [0.5, 0.6) is 0 Å². The minimum Gasteiger partial charge on any atom is -0.388 e. The van der Waals surface area contributed by atoms with E-state index in [1.54, 1.807) is 0 Å². The highest BCUT2D eigenvalue weighted by Gasteiger charge is 2.22. The van der Waals surface area contributed by atoms with Gasteiger partial charge in [-0.1, -0.05) is 37.7 Å². The van der Waals surface area contributed by atoms with Gasteiger partial charge in [0, 0.05) is 6.42 Å². The van der Waals surface area contributed by atoms with Crippen LogP contribution in [0.2, 0.25) is 0 Å². The van der Waals surface area contributed by atoms with E-state index < -0.39 is 17.6 Å². The van der Waals surface area contributed by atoms with Crippen molar-refractivity contribution in [3.8, 4) is 23.7 Å². The maximum atomic E-state index is 9.84. The van der Waals surface area contributed by atoms with Crippen LogP contribution in [-0.4, -0.2) is 27.8 Å². The lowest BCUT2D eigenvalue weighted by Crippen LogP contribution is -2.33. The lowest BCUT2D eigenvalue weighted by atomic mass is 10.0. The normalized spacial score (nSPS) is 14.2. The molecule has 0 bridgehead atoms. The van der Waals surface area contributed by atoms with Gasteiger partial charge in [0.05, 0.1) is 5.38 Å². The van der Waals surface area contributed by atoms with Crippen molar-refractivity contribution in [2.24, 2.45) is 0 Å². The summed E-state index contributed by atoms with van der Waals surface area (Å²) in [5, 5.41) is 19.1. The molecule has 0 aromatic rings. The molecule has 112 valence electrons. The Morgan fingerprint density at radius 3 is 2.60 bits per heavy atom. The largest absolute Gasteiger partial charge is 0.388 e. The summed E-state index contributed by atoms with van der Waals surface area (Å²) in [6.45, 7) is 5.70. The zero-order valence-corrected chi connectivity index (χ0v) is 13.0. The molecule has 0 amide bonds. The number of hydrogen-bond donors (Lipinski definition) is 2. The molecule has 3 atom stereocenters. The molecule has 0 saturated heterocycles. The Morgan fingerprint density at radius 2 is 1.95 bits per heavy atom. The van der Waals surface area contributed by atoms with Crippen LogP contribution in [0.3, 0.4) is 0 Å². The minimum absolute atomic E-state index is 0.480. The van der Waals surface area contributed by atoms with E-state index in [0.29, 0.717) is 6.42 Å². The van der Waals surface area contributed by atoms with Gasteiger partial charge in [-0.2, -0.15) is 0 Å². The van der Waals surface area contributed by atoms with Crippen molar-refractivity contribution in [3.63, 3.8) is 0 Å². The minimum atomic E-state index is -1.14. The van der Waals surface area contributed by atoms with Crippen molar-refractivity contribution in [3.05, 3.63) is 12.7 Å². The molecular weight excluding hydrogens is 272 g/mol. The highest BCUT2D eigenvalue weighted by molar-refractivity contribution is 6.21. The predicted molar refractivity (Wildman–Crippen MR) is 85.4 cm³/mol. The van der Waals surface area contributed by atoms with Crippen LogP contribution in [0, 0.1) is 23.7 Å². The molecule has 0 aromatic carbocycles. The lowest BCUT2D eigenvalue weighted by molar-refractivity contribution is 0.0497. The van der Waals surface area contributed by atoms with Crippen molar-refractivity contribution in [2.75, 3.05) is 0 Å². The second-order valence-electron chi connectivity index (χ2n) is 4.70. The second-order valence-corrected chi connectivity index (χ2v) is 5.26. The molecule has 0 saturated carbocycles. The fraction of sp³-hybridized carbons (Fsp3) is 0.647. The van der Waals surface area contributed by atoms with E-state index in [2.05, 4.69) is 30.3 Å². The molecule has 20 heavy (non-hydrogen) atoms. The van der Waals surface area contributed by atoms with Crippen molar-refractivity contribution >= 4 is 11.6 Å². The highest BCUT2D eigenvalue weighted by Crippen LogP contribution is 2.16. The van der Waals surface area contributed by atoms with Crippen LogP contribution in [0.25, 0.3) is 0 Å². The third kappa shape index (κ3) is 9.93. The van der Waals surface area contributed by atoms with E-state index in [1.165, 1.54) is 0 Å². The van der Waals surface area contributed by atoms with Gasteiger partial charge in [0.15, 0.2) is 0 Å². The first kappa shape index (κ1) is 19.1. The Morgan fingerprint density at radius 1 is 1.20 bits per heavy atom. The van der Waals surface area contributed by atoms with Gasteiger partial charge < -0.3 is 10.2 Å². The van der Waals surface area contributed by atoms with Crippen LogP contribution >= 0.6 is 11.6 Å². The molecule has 0 aliphatic heterocycles. The molecule has 0 aliphatic rings. The van der Waals surface area contributed by atoms with E-state index in [-0.39, 0.29) is 0 Å². The van der Waals surface area contributed by atoms with Gasteiger partial charge in [-0.05, 0) is 37.5 Å². The average Bonchev–Trinajstić information content (AvgIpc) is 2.45. The summed E-state index contributed by atoms with van der Waals surface area (Å²) in [6.07, 6.45) is 6.22. The first-order chi connectivity index (χ1) is 9.63. The number of alkyl halides is 1. The fourth-order valence-corrected chi connectivity index (χ4v) is 1.89.